The zero-order valence-electron chi connectivity index (χ0n) is 20.5. The molecule has 2 heteroatoms. The lowest BCUT2D eigenvalue weighted by molar-refractivity contribution is -0.645. The van der Waals surface area contributed by atoms with Crippen molar-refractivity contribution in [3.05, 3.63) is 58.9 Å². The molecular weight excluding hydrogens is 400 g/mol. The highest BCUT2D eigenvalue weighted by Crippen LogP contribution is 2.58. The van der Waals surface area contributed by atoms with Gasteiger partial charge in [-0.2, -0.15) is 4.57 Å². The maximum absolute atomic E-state index is 2.62. The van der Waals surface area contributed by atoms with E-state index >= 15 is 0 Å². The molecule has 10 rings (SSSR count). The summed E-state index contributed by atoms with van der Waals surface area (Å²) < 4.78 is 4.87. The number of nitrogens with zero attached hydrogens (tertiary/aromatic N) is 2. The van der Waals surface area contributed by atoms with Crippen molar-refractivity contribution >= 4 is 11.0 Å². The first-order chi connectivity index (χ1) is 15.9. The second-order valence-corrected chi connectivity index (χ2v) is 13.2. The van der Waals surface area contributed by atoms with Crippen LogP contribution in [0.1, 0.15) is 106 Å². The maximum Gasteiger partial charge on any atom is 0.249 e. The van der Waals surface area contributed by atoms with Gasteiger partial charge < -0.3 is 0 Å². The van der Waals surface area contributed by atoms with E-state index in [1.807, 2.05) is 0 Å². The van der Waals surface area contributed by atoms with Crippen molar-refractivity contribution < 1.29 is 4.57 Å². The van der Waals surface area contributed by atoms with Crippen molar-refractivity contribution in [3.63, 3.8) is 0 Å². The second-order valence-electron chi connectivity index (χ2n) is 13.2. The molecule has 3 fully saturated rings. The topological polar surface area (TPSA) is 8.81 Å². The number of imidazole rings is 1. The van der Waals surface area contributed by atoms with Crippen molar-refractivity contribution in [2.24, 2.45) is 18.9 Å². The van der Waals surface area contributed by atoms with Gasteiger partial charge in [0.25, 0.3) is 0 Å². The zero-order chi connectivity index (χ0) is 22.1. The van der Waals surface area contributed by atoms with E-state index in [4.69, 9.17) is 0 Å². The smallest absolute Gasteiger partial charge is 0.232 e. The van der Waals surface area contributed by atoms with Crippen molar-refractivity contribution in [3.8, 4) is 5.69 Å². The van der Waals surface area contributed by atoms with Crippen LogP contribution >= 0.6 is 0 Å². The lowest BCUT2D eigenvalue weighted by Gasteiger charge is -2.52. The molecule has 7 aliphatic carbocycles. The molecule has 0 saturated heterocycles. The standard InChI is InChI=1S/C31H37N2/c1-30-6-8-31(2,9-7-30)27-15-23(4-5-26(27)30)33-18-32(3)28-16-24-21-11-19-10-20(12-21)14-22(13-19)25(24)17-29(28)33/h4-5,15-22H,6-14H2,1-3H3/q+1. The number of hydrogen-bond donors (Lipinski definition) is 0. The number of rotatable bonds is 1. The van der Waals surface area contributed by atoms with Crippen LogP contribution in [0.5, 0.6) is 0 Å². The largest absolute Gasteiger partial charge is 0.249 e. The Morgan fingerprint density at radius 3 is 2.03 bits per heavy atom. The van der Waals surface area contributed by atoms with Gasteiger partial charge >= 0.3 is 0 Å². The van der Waals surface area contributed by atoms with Crippen LogP contribution in [-0.2, 0) is 17.9 Å². The van der Waals surface area contributed by atoms with E-state index in [2.05, 4.69) is 66.7 Å². The van der Waals surface area contributed by atoms with Gasteiger partial charge in [0.1, 0.15) is 5.69 Å². The molecule has 2 atom stereocenters. The van der Waals surface area contributed by atoms with E-state index in [0.717, 1.165) is 23.7 Å². The van der Waals surface area contributed by atoms with E-state index in [9.17, 15) is 0 Å². The maximum atomic E-state index is 2.62. The summed E-state index contributed by atoms with van der Waals surface area (Å²) in [7, 11) is 2.24. The van der Waals surface area contributed by atoms with Crippen LogP contribution < -0.4 is 4.57 Å². The van der Waals surface area contributed by atoms with E-state index < -0.39 is 0 Å². The van der Waals surface area contributed by atoms with Crippen molar-refractivity contribution in [1.82, 2.24) is 4.57 Å². The zero-order valence-corrected chi connectivity index (χ0v) is 20.5. The Bertz CT molecular complexity index is 1300. The van der Waals surface area contributed by atoms with Crippen molar-refractivity contribution in [2.75, 3.05) is 0 Å². The SMILES string of the molecule is C[n+]1cn(-c2ccc3c(c2)C2(C)CCC3(C)CC2)c2cc3c(cc21)C1CC2CC(CC3C2)C1. The molecule has 2 unspecified atom stereocenters. The predicted molar refractivity (Wildman–Crippen MR) is 133 cm³/mol. The fourth-order valence-electron chi connectivity index (χ4n) is 9.25. The highest BCUT2D eigenvalue weighted by atomic mass is 15.1. The molecule has 7 aliphatic rings. The first kappa shape index (κ1) is 19.2. The molecule has 2 nitrogen and oxygen atoms in total. The third-order valence-corrected chi connectivity index (χ3v) is 11.2. The third-order valence-electron chi connectivity index (χ3n) is 11.2. The third kappa shape index (κ3) is 2.48. The van der Waals surface area contributed by atoms with Gasteiger partial charge in [0.15, 0.2) is 11.0 Å². The molecule has 0 N–H and O–H groups in total. The summed E-state index contributed by atoms with van der Waals surface area (Å²) in [6.45, 7) is 5.03. The second kappa shape index (κ2) is 6.12. The van der Waals surface area contributed by atoms with Gasteiger partial charge in [-0.3, -0.25) is 0 Å². The normalized spacial score (nSPS) is 37.9. The minimum Gasteiger partial charge on any atom is -0.232 e. The number of fused-ring (bicyclic) bond motifs is 3. The number of hydrogen-bond acceptors (Lipinski definition) is 0. The van der Waals surface area contributed by atoms with Gasteiger partial charge in [0.2, 0.25) is 6.33 Å². The summed E-state index contributed by atoms with van der Waals surface area (Å²) in [4.78, 5) is 0. The Balaban J connectivity index is 1.32. The molecule has 0 aliphatic heterocycles. The van der Waals surface area contributed by atoms with Crippen LogP contribution in [0.15, 0.2) is 36.7 Å². The fraction of sp³-hybridized carbons (Fsp3) is 0.581. The van der Waals surface area contributed by atoms with Gasteiger partial charge in [0.05, 0.1) is 7.05 Å². The summed E-state index contributed by atoms with van der Waals surface area (Å²) in [6, 6.07) is 12.7. The molecular formula is C31H37N2+. The predicted octanol–water partition coefficient (Wildman–Crippen LogP) is 6.95. The molecule has 1 aromatic heterocycles. The fourth-order valence-corrected chi connectivity index (χ4v) is 9.25. The lowest BCUT2D eigenvalue weighted by atomic mass is 9.52. The number of aryl methyl sites for hydroxylation is 1. The van der Waals surface area contributed by atoms with Gasteiger partial charge in [-0.05, 0) is 139 Å². The van der Waals surface area contributed by atoms with Crippen LogP contribution in [0.25, 0.3) is 16.7 Å². The van der Waals surface area contributed by atoms with E-state index in [-0.39, 0.29) is 0 Å². The number of benzene rings is 2. The highest BCUT2D eigenvalue weighted by molar-refractivity contribution is 5.77. The monoisotopic (exact) mass is 437 g/mol. The highest BCUT2D eigenvalue weighted by Gasteiger charge is 2.48. The molecule has 0 radical (unpaired) electrons. The van der Waals surface area contributed by atoms with Crippen molar-refractivity contribution in [2.45, 2.75) is 94.3 Å². The molecule has 3 aromatic rings. The molecule has 3 saturated carbocycles. The van der Waals surface area contributed by atoms with Gasteiger partial charge in [-0.25, -0.2) is 4.57 Å². The van der Waals surface area contributed by atoms with E-state index in [1.54, 1.807) is 22.3 Å². The molecule has 33 heavy (non-hydrogen) atoms. The molecule has 2 aromatic carbocycles. The van der Waals surface area contributed by atoms with Crippen LogP contribution in [0.3, 0.4) is 0 Å². The summed E-state index contributed by atoms with van der Waals surface area (Å²) in [6.07, 6.45) is 15.0. The summed E-state index contributed by atoms with van der Waals surface area (Å²) in [5.74, 6) is 3.57. The van der Waals surface area contributed by atoms with Gasteiger partial charge in [-0.15, -0.1) is 0 Å². The average molecular weight is 438 g/mol. The van der Waals surface area contributed by atoms with E-state index in [0.29, 0.717) is 10.8 Å². The summed E-state index contributed by atoms with van der Waals surface area (Å²) >= 11 is 0. The lowest BCUT2D eigenvalue weighted by Crippen LogP contribution is -2.44. The molecule has 170 valence electrons. The summed E-state index contributed by atoms with van der Waals surface area (Å²) in [5.41, 5.74) is 11.6. The van der Waals surface area contributed by atoms with E-state index in [1.165, 1.54) is 74.5 Å². The Labute approximate surface area is 198 Å². The molecule has 0 spiro atoms. The van der Waals surface area contributed by atoms with Crippen LogP contribution in [0, 0.1) is 11.8 Å². The Morgan fingerprint density at radius 1 is 0.758 bits per heavy atom. The van der Waals surface area contributed by atoms with Gasteiger partial charge in [-0.1, -0.05) is 19.9 Å². The Kier molecular flexibility index (Phi) is 3.57. The molecule has 6 bridgehead atoms. The van der Waals surface area contributed by atoms with Crippen LogP contribution in [0.2, 0.25) is 0 Å². The number of aromatic nitrogens is 2. The molecule has 0 amide bonds. The minimum absolute atomic E-state index is 0.365. The van der Waals surface area contributed by atoms with Crippen LogP contribution in [0.4, 0.5) is 0 Å². The Hall–Kier alpha value is -2.09. The van der Waals surface area contributed by atoms with Gasteiger partial charge in [0, 0.05) is 0 Å². The first-order valence-electron chi connectivity index (χ1n) is 13.6. The average Bonchev–Trinajstić information content (AvgIpc) is 3.05. The molecule has 1 heterocycles. The quantitative estimate of drug-likeness (QED) is 0.364. The van der Waals surface area contributed by atoms with Crippen molar-refractivity contribution in [1.29, 1.82) is 0 Å². The first-order valence-corrected chi connectivity index (χ1v) is 13.6. The van der Waals surface area contributed by atoms with Crippen LogP contribution in [-0.4, -0.2) is 4.57 Å². The summed E-state index contributed by atoms with van der Waals surface area (Å²) in [5, 5.41) is 0. The Morgan fingerprint density at radius 2 is 1.36 bits per heavy atom. The minimum atomic E-state index is 0.365.